The maximum atomic E-state index is 11.8. The van der Waals surface area contributed by atoms with Gasteiger partial charge in [-0.25, -0.2) is 0 Å². The molecule has 0 aliphatic rings. The lowest BCUT2D eigenvalue weighted by Crippen LogP contribution is -2.47. The van der Waals surface area contributed by atoms with Gasteiger partial charge in [-0.2, -0.15) is 0 Å². The van der Waals surface area contributed by atoms with Gasteiger partial charge < -0.3 is 15.0 Å². The number of carbonyl (C=O) groups is 1. The maximum absolute atomic E-state index is 11.8. The van der Waals surface area contributed by atoms with Gasteiger partial charge in [0.1, 0.15) is 5.60 Å². The molecule has 1 unspecified atom stereocenters. The van der Waals surface area contributed by atoms with E-state index in [1.54, 1.807) is 7.11 Å². The van der Waals surface area contributed by atoms with Crippen LogP contribution in [0.15, 0.2) is 0 Å². The van der Waals surface area contributed by atoms with Crippen LogP contribution in [0.1, 0.15) is 34.1 Å². The normalized spacial score (nSPS) is 14.9. The molecule has 96 valence electrons. The number of nitrogens with zero attached hydrogens (tertiary/aromatic N) is 1. The van der Waals surface area contributed by atoms with Gasteiger partial charge in [0.05, 0.1) is 0 Å². The van der Waals surface area contributed by atoms with Crippen molar-refractivity contribution in [2.45, 2.75) is 39.7 Å². The van der Waals surface area contributed by atoms with E-state index in [0.29, 0.717) is 13.0 Å². The fourth-order valence-electron chi connectivity index (χ4n) is 1.45. The Balaban J connectivity index is 3.97. The third-order valence-electron chi connectivity index (χ3n) is 3.21. The molecule has 1 N–H and O–H groups in total. The zero-order valence-electron chi connectivity index (χ0n) is 11.3. The number of rotatable bonds is 8. The molecule has 0 radical (unpaired) electrons. The topological polar surface area (TPSA) is 41.6 Å². The first-order valence-corrected chi connectivity index (χ1v) is 6.09. The first kappa shape index (κ1) is 15.4. The summed E-state index contributed by atoms with van der Waals surface area (Å²) in [5, 5.41) is 2.92. The van der Waals surface area contributed by atoms with E-state index in [-0.39, 0.29) is 5.91 Å². The molecular weight excluding hydrogens is 204 g/mol. The Labute approximate surface area is 99.3 Å². The second-order valence-corrected chi connectivity index (χ2v) is 4.07. The molecule has 4 heteroatoms. The SMILES string of the molecule is CCN(CC)CCNC(=O)C(C)(CC)OC. The molecule has 0 heterocycles. The first-order valence-electron chi connectivity index (χ1n) is 6.09. The van der Waals surface area contributed by atoms with E-state index >= 15 is 0 Å². The number of hydrogen-bond donors (Lipinski definition) is 1. The summed E-state index contributed by atoms with van der Waals surface area (Å²) in [7, 11) is 1.58. The van der Waals surface area contributed by atoms with Gasteiger partial charge in [0.15, 0.2) is 0 Å². The average molecular weight is 230 g/mol. The lowest BCUT2D eigenvalue weighted by Gasteiger charge is -2.26. The molecule has 1 atom stereocenters. The van der Waals surface area contributed by atoms with Crippen LogP contribution in [-0.2, 0) is 9.53 Å². The Morgan fingerprint density at radius 1 is 1.31 bits per heavy atom. The van der Waals surface area contributed by atoms with Gasteiger partial charge in [0.2, 0.25) is 0 Å². The van der Waals surface area contributed by atoms with Gasteiger partial charge in [0, 0.05) is 20.2 Å². The van der Waals surface area contributed by atoms with Crippen molar-refractivity contribution in [3.05, 3.63) is 0 Å². The molecule has 0 rings (SSSR count). The summed E-state index contributed by atoms with van der Waals surface area (Å²) in [5.41, 5.74) is -0.691. The van der Waals surface area contributed by atoms with Gasteiger partial charge in [-0.05, 0) is 26.4 Å². The second kappa shape index (κ2) is 7.63. The van der Waals surface area contributed by atoms with Gasteiger partial charge in [-0.3, -0.25) is 4.79 Å². The molecule has 16 heavy (non-hydrogen) atoms. The van der Waals surface area contributed by atoms with Gasteiger partial charge in [0.25, 0.3) is 5.91 Å². The monoisotopic (exact) mass is 230 g/mol. The summed E-state index contributed by atoms with van der Waals surface area (Å²) in [6, 6.07) is 0. The van der Waals surface area contributed by atoms with Crippen molar-refractivity contribution in [1.82, 2.24) is 10.2 Å². The molecule has 0 aromatic rings. The molecule has 0 aliphatic heterocycles. The van der Waals surface area contributed by atoms with Gasteiger partial charge in [-0.1, -0.05) is 20.8 Å². The smallest absolute Gasteiger partial charge is 0.251 e. The highest BCUT2D eigenvalue weighted by Gasteiger charge is 2.30. The van der Waals surface area contributed by atoms with E-state index < -0.39 is 5.60 Å². The van der Waals surface area contributed by atoms with Gasteiger partial charge >= 0.3 is 0 Å². The Morgan fingerprint density at radius 3 is 2.25 bits per heavy atom. The van der Waals surface area contributed by atoms with E-state index in [1.165, 1.54) is 0 Å². The molecule has 0 saturated heterocycles. The standard InChI is InChI=1S/C12H26N2O2/c1-6-12(4,16-5)11(15)13-9-10-14(7-2)8-3/h6-10H2,1-5H3,(H,13,15). The van der Waals surface area contributed by atoms with Crippen LogP contribution < -0.4 is 5.32 Å². The molecule has 0 aromatic heterocycles. The van der Waals surface area contributed by atoms with E-state index in [2.05, 4.69) is 24.1 Å². The van der Waals surface area contributed by atoms with Crippen molar-refractivity contribution in [1.29, 1.82) is 0 Å². The summed E-state index contributed by atoms with van der Waals surface area (Å²) in [6.45, 7) is 11.6. The van der Waals surface area contributed by atoms with E-state index in [9.17, 15) is 4.79 Å². The summed E-state index contributed by atoms with van der Waals surface area (Å²) >= 11 is 0. The lowest BCUT2D eigenvalue weighted by molar-refractivity contribution is -0.141. The van der Waals surface area contributed by atoms with Crippen molar-refractivity contribution in [2.75, 3.05) is 33.3 Å². The molecule has 4 nitrogen and oxygen atoms in total. The highest BCUT2D eigenvalue weighted by molar-refractivity contribution is 5.84. The summed E-state index contributed by atoms with van der Waals surface area (Å²) < 4.78 is 5.23. The number of ether oxygens (including phenoxy) is 1. The molecule has 0 fully saturated rings. The van der Waals surface area contributed by atoms with E-state index in [4.69, 9.17) is 4.74 Å². The minimum Gasteiger partial charge on any atom is -0.369 e. The van der Waals surface area contributed by atoms with E-state index in [1.807, 2.05) is 13.8 Å². The third kappa shape index (κ3) is 4.49. The maximum Gasteiger partial charge on any atom is 0.251 e. The zero-order chi connectivity index (χ0) is 12.6. The number of amides is 1. The predicted molar refractivity (Wildman–Crippen MR) is 66.5 cm³/mol. The molecule has 0 aromatic carbocycles. The highest BCUT2D eigenvalue weighted by Crippen LogP contribution is 2.13. The van der Waals surface area contributed by atoms with Crippen LogP contribution in [0.2, 0.25) is 0 Å². The highest BCUT2D eigenvalue weighted by atomic mass is 16.5. The minimum atomic E-state index is -0.691. The summed E-state index contributed by atoms with van der Waals surface area (Å²) in [5.74, 6) is -0.0235. The largest absolute Gasteiger partial charge is 0.369 e. The number of nitrogens with one attached hydrogen (secondary N) is 1. The van der Waals surface area contributed by atoms with Crippen LogP contribution in [0.3, 0.4) is 0 Å². The molecule has 1 amide bonds. The van der Waals surface area contributed by atoms with Crippen LogP contribution in [0.4, 0.5) is 0 Å². The number of methoxy groups -OCH3 is 1. The number of carbonyl (C=O) groups excluding carboxylic acids is 1. The van der Waals surface area contributed by atoms with Gasteiger partial charge in [-0.15, -0.1) is 0 Å². The minimum absolute atomic E-state index is 0.0235. The Morgan fingerprint density at radius 2 is 1.88 bits per heavy atom. The predicted octanol–water partition coefficient (Wildman–Crippen LogP) is 1.26. The van der Waals surface area contributed by atoms with Crippen LogP contribution in [0, 0.1) is 0 Å². The molecule has 0 aliphatic carbocycles. The fraction of sp³-hybridized carbons (Fsp3) is 0.917. The van der Waals surface area contributed by atoms with Crippen molar-refractivity contribution < 1.29 is 9.53 Å². The van der Waals surface area contributed by atoms with Crippen LogP contribution in [0.5, 0.6) is 0 Å². The van der Waals surface area contributed by atoms with Crippen LogP contribution >= 0.6 is 0 Å². The Kier molecular flexibility index (Phi) is 7.34. The molecular formula is C12H26N2O2. The quantitative estimate of drug-likeness (QED) is 0.682. The van der Waals surface area contributed by atoms with E-state index in [0.717, 1.165) is 19.6 Å². The zero-order valence-corrected chi connectivity index (χ0v) is 11.3. The second-order valence-electron chi connectivity index (χ2n) is 4.07. The summed E-state index contributed by atoms with van der Waals surface area (Å²) in [6.07, 6.45) is 0.681. The van der Waals surface area contributed by atoms with Crippen molar-refractivity contribution >= 4 is 5.91 Å². The van der Waals surface area contributed by atoms with Crippen molar-refractivity contribution in [3.8, 4) is 0 Å². The molecule has 0 bridgehead atoms. The third-order valence-corrected chi connectivity index (χ3v) is 3.21. The van der Waals surface area contributed by atoms with Crippen molar-refractivity contribution in [3.63, 3.8) is 0 Å². The Hall–Kier alpha value is -0.610. The molecule has 0 spiro atoms. The Bertz CT molecular complexity index is 199. The lowest BCUT2D eigenvalue weighted by atomic mass is 10.0. The van der Waals surface area contributed by atoms with Crippen LogP contribution in [0.25, 0.3) is 0 Å². The number of likely N-dealkylation sites (N-methyl/N-ethyl adjacent to an activating group) is 1. The average Bonchev–Trinajstić information content (AvgIpc) is 2.33. The first-order chi connectivity index (χ1) is 7.53. The van der Waals surface area contributed by atoms with Crippen LogP contribution in [-0.4, -0.2) is 49.7 Å². The summed E-state index contributed by atoms with van der Waals surface area (Å²) in [4.78, 5) is 14.1. The number of hydrogen-bond acceptors (Lipinski definition) is 3. The van der Waals surface area contributed by atoms with Crippen molar-refractivity contribution in [2.24, 2.45) is 0 Å². The molecule has 0 saturated carbocycles. The fourth-order valence-corrected chi connectivity index (χ4v) is 1.45.